The molecule has 1 aliphatic rings. The molecule has 0 amide bonds. The van der Waals surface area contributed by atoms with Crippen molar-refractivity contribution in [3.8, 4) is 0 Å². The lowest BCUT2D eigenvalue weighted by atomic mass is 10.1. The van der Waals surface area contributed by atoms with Crippen LogP contribution in [0.15, 0.2) is 0 Å². The highest BCUT2D eigenvalue weighted by Gasteiger charge is 2.33. The van der Waals surface area contributed by atoms with Gasteiger partial charge in [-0.1, -0.05) is 0 Å². The zero-order valence-corrected chi connectivity index (χ0v) is 9.13. The largest absolute Gasteiger partial charge is 0.309 e. The summed E-state index contributed by atoms with van der Waals surface area (Å²) in [5.41, 5.74) is 0. The fourth-order valence-corrected chi connectivity index (χ4v) is 1.93. The van der Waals surface area contributed by atoms with Gasteiger partial charge in [-0.25, -0.2) is 4.39 Å². The molecule has 78 valence electrons. The molecule has 13 heavy (non-hydrogen) atoms. The highest BCUT2D eigenvalue weighted by atomic mass is 19.1. The van der Waals surface area contributed by atoms with Crippen molar-refractivity contribution in [2.45, 2.75) is 26.1 Å². The first kappa shape index (κ1) is 10.9. The van der Waals surface area contributed by atoms with Gasteiger partial charge in [0.25, 0.3) is 0 Å². The third-order valence-electron chi connectivity index (χ3n) is 2.72. The maximum absolute atomic E-state index is 13.5. The minimum atomic E-state index is -0.634. The van der Waals surface area contributed by atoms with Gasteiger partial charge in [0.1, 0.15) is 6.17 Å². The predicted octanol–water partition coefficient (Wildman–Crippen LogP) is 1.23. The van der Waals surface area contributed by atoms with Crippen LogP contribution in [0.1, 0.15) is 13.8 Å². The average Bonchev–Trinajstić information content (AvgIpc) is 2.31. The van der Waals surface area contributed by atoms with Crippen molar-refractivity contribution in [2.24, 2.45) is 5.92 Å². The van der Waals surface area contributed by atoms with E-state index in [2.05, 4.69) is 23.6 Å². The van der Waals surface area contributed by atoms with E-state index in [1.165, 1.54) is 0 Å². The molecule has 1 rings (SSSR count). The number of hydrogen-bond donors (Lipinski definition) is 0. The third kappa shape index (κ3) is 2.92. The first-order valence-corrected chi connectivity index (χ1v) is 5.03. The van der Waals surface area contributed by atoms with E-state index in [9.17, 15) is 4.39 Å². The smallest absolute Gasteiger partial charge is 0.118 e. The third-order valence-corrected chi connectivity index (χ3v) is 2.72. The standard InChI is InChI=1S/C10H21FN2/c1-8(2)13-6-9(5-12(3)4)10(11)7-13/h8-10H,5-7H2,1-4H3. The van der Waals surface area contributed by atoms with Gasteiger partial charge in [-0.3, -0.25) is 4.90 Å². The number of likely N-dealkylation sites (tertiary alicyclic amines) is 1. The van der Waals surface area contributed by atoms with E-state index < -0.39 is 6.17 Å². The molecule has 0 aliphatic carbocycles. The van der Waals surface area contributed by atoms with Gasteiger partial charge in [0, 0.05) is 31.6 Å². The summed E-state index contributed by atoms with van der Waals surface area (Å²) in [4.78, 5) is 4.29. The van der Waals surface area contributed by atoms with Crippen LogP contribution in [0.4, 0.5) is 4.39 Å². The maximum atomic E-state index is 13.5. The molecule has 2 unspecified atom stereocenters. The lowest BCUT2D eigenvalue weighted by molar-refractivity contribution is 0.230. The van der Waals surface area contributed by atoms with Crippen molar-refractivity contribution >= 4 is 0 Å². The SMILES string of the molecule is CC(C)N1CC(F)C(CN(C)C)C1. The first-order chi connectivity index (χ1) is 6.00. The molecule has 1 aliphatic heterocycles. The lowest BCUT2D eigenvalue weighted by Crippen LogP contribution is -2.30. The fraction of sp³-hybridized carbons (Fsp3) is 1.00. The predicted molar refractivity (Wildman–Crippen MR) is 53.6 cm³/mol. The highest BCUT2D eigenvalue weighted by molar-refractivity contribution is 4.86. The molecule has 0 aromatic heterocycles. The molecule has 3 heteroatoms. The molecular formula is C10H21FN2. The van der Waals surface area contributed by atoms with E-state index in [0.29, 0.717) is 12.6 Å². The Bertz CT molecular complexity index is 159. The number of nitrogens with zero attached hydrogens (tertiary/aromatic N) is 2. The van der Waals surface area contributed by atoms with Crippen LogP contribution in [0, 0.1) is 5.92 Å². The summed E-state index contributed by atoms with van der Waals surface area (Å²) in [5.74, 6) is 0.206. The molecular weight excluding hydrogens is 167 g/mol. The summed E-state index contributed by atoms with van der Waals surface area (Å²) >= 11 is 0. The Kier molecular flexibility index (Phi) is 3.68. The van der Waals surface area contributed by atoms with Crippen molar-refractivity contribution in [3.05, 3.63) is 0 Å². The van der Waals surface area contributed by atoms with Gasteiger partial charge in [0.15, 0.2) is 0 Å². The van der Waals surface area contributed by atoms with Crippen molar-refractivity contribution < 1.29 is 4.39 Å². The van der Waals surface area contributed by atoms with Crippen LogP contribution in [0.3, 0.4) is 0 Å². The zero-order chi connectivity index (χ0) is 10.0. The summed E-state index contributed by atoms with van der Waals surface area (Å²) in [7, 11) is 4.01. The molecule has 1 fully saturated rings. The zero-order valence-electron chi connectivity index (χ0n) is 9.13. The van der Waals surface area contributed by atoms with Gasteiger partial charge in [0.2, 0.25) is 0 Å². The first-order valence-electron chi connectivity index (χ1n) is 5.03. The van der Waals surface area contributed by atoms with Crippen LogP contribution in [0.25, 0.3) is 0 Å². The van der Waals surface area contributed by atoms with Crippen molar-refractivity contribution in [2.75, 3.05) is 33.7 Å². The molecule has 0 aromatic carbocycles. The monoisotopic (exact) mass is 188 g/mol. The molecule has 2 nitrogen and oxygen atoms in total. The maximum Gasteiger partial charge on any atom is 0.118 e. The Morgan fingerprint density at radius 2 is 2.00 bits per heavy atom. The van der Waals surface area contributed by atoms with Gasteiger partial charge in [-0.15, -0.1) is 0 Å². The van der Waals surface area contributed by atoms with Crippen LogP contribution in [-0.4, -0.2) is 55.7 Å². The fourth-order valence-electron chi connectivity index (χ4n) is 1.93. The Hall–Kier alpha value is -0.150. The van der Waals surface area contributed by atoms with Gasteiger partial charge in [-0.2, -0.15) is 0 Å². The van der Waals surface area contributed by atoms with Gasteiger partial charge in [0.05, 0.1) is 0 Å². The molecule has 0 radical (unpaired) electrons. The van der Waals surface area contributed by atoms with E-state index in [4.69, 9.17) is 0 Å². The lowest BCUT2D eigenvalue weighted by Gasteiger charge is -2.20. The number of hydrogen-bond acceptors (Lipinski definition) is 2. The van der Waals surface area contributed by atoms with Gasteiger partial charge >= 0.3 is 0 Å². The van der Waals surface area contributed by atoms with E-state index in [1.54, 1.807) is 0 Å². The van der Waals surface area contributed by atoms with Crippen LogP contribution in [-0.2, 0) is 0 Å². The summed E-state index contributed by atoms with van der Waals surface area (Å²) in [6.45, 7) is 6.66. The number of alkyl halides is 1. The molecule has 0 aromatic rings. The minimum Gasteiger partial charge on any atom is -0.309 e. The van der Waals surface area contributed by atoms with Gasteiger partial charge in [-0.05, 0) is 27.9 Å². The molecule has 0 N–H and O–H groups in total. The van der Waals surface area contributed by atoms with Crippen molar-refractivity contribution in [3.63, 3.8) is 0 Å². The minimum absolute atomic E-state index is 0.206. The Morgan fingerprint density at radius 3 is 2.38 bits per heavy atom. The molecule has 0 spiro atoms. The average molecular weight is 188 g/mol. The summed E-state index contributed by atoms with van der Waals surface area (Å²) in [6, 6.07) is 0.477. The van der Waals surface area contributed by atoms with Crippen molar-refractivity contribution in [1.82, 2.24) is 9.80 Å². The molecule has 1 saturated heterocycles. The van der Waals surface area contributed by atoms with Crippen LogP contribution in [0.5, 0.6) is 0 Å². The topological polar surface area (TPSA) is 6.48 Å². The Morgan fingerprint density at radius 1 is 1.38 bits per heavy atom. The quantitative estimate of drug-likeness (QED) is 0.657. The second-order valence-electron chi connectivity index (χ2n) is 4.59. The molecule has 2 atom stereocenters. The van der Waals surface area contributed by atoms with Crippen molar-refractivity contribution in [1.29, 1.82) is 0 Å². The summed E-state index contributed by atoms with van der Waals surface area (Å²) < 4.78 is 13.5. The van der Waals surface area contributed by atoms with Crippen LogP contribution < -0.4 is 0 Å². The summed E-state index contributed by atoms with van der Waals surface area (Å²) in [5, 5.41) is 0. The number of halogens is 1. The Labute approximate surface area is 80.7 Å². The van der Waals surface area contributed by atoms with E-state index >= 15 is 0 Å². The Balaban J connectivity index is 2.42. The molecule has 0 saturated carbocycles. The normalized spacial score (nSPS) is 30.7. The summed E-state index contributed by atoms with van der Waals surface area (Å²) in [6.07, 6.45) is -0.634. The number of rotatable bonds is 3. The van der Waals surface area contributed by atoms with Crippen LogP contribution in [0.2, 0.25) is 0 Å². The second kappa shape index (κ2) is 4.38. The molecule has 0 bridgehead atoms. The van der Waals surface area contributed by atoms with Gasteiger partial charge < -0.3 is 4.90 Å². The highest BCUT2D eigenvalue weighted by Crippen LogP contribution is 2.22. The van der Waals surface area contributed by atoms with E-state index in [0.717, 1.165) is 13.1 Å². The second-order valence-corrected chi connectivity index (χ2v) is 4.59. The van der Waals surface area contributed by atoms with E-state index in [1.807, 2.05) is 14.1 Å². The molecule has 1 heterocycles. The van der Waals surface area contributed by atoms with Crippen LogP contribution >= 0.6 is 0 Å². The van der Waals surface area contributed by atoms with E-state index in [-0.39, 0.29) is 5.92 Å².